The number of hydrogen-bond acceptors (Lipinski definition) is 3. The van der Waals surface area contributed by atoms with Crippen LogP contribution >= 0.6 is 0 Å². The van der Waals surface area contributed by atoms with E-state index in [1.807, 2.05) is 0 Å². The summed E-state index contributed by atoms with van der Waals surface area (Å²) in [6.07, 6.45) is 4.47. The van der Waals surface area contributed by atoms with E-state index in [1.54, 1.807) is 6.20 Å². The lowest BCUT2D eigenvalue weighted by atomic mass is 11.0. The number of aromatic nitrogens is 1. The van der Waals surface area contributed by atoms with Crippen molar-refractivity contribution in [2.75, 3.05) is 0 Å². The van der Waals surface area contributed by atoms with Gasteiger partial charge in [0.25, 0.3) is 0 Å². The van der Waals surface area contributed by atoms with Crippen LogP contribution in [0.1, 0.15) is 0 Å². The lowest BCUT2D eigenvalue weighted by molar-refractivity contribution is 0.558. The van der Waals surface area contributed by atoms with Gasteiger partial charge < -0.3 is 4.42 Å². The molecule has 0 atom stereocenters. The van der Waals surface area contributed by atoms with Crippen molar-refractivity contribution in [1.29, 1.82) is 5.26 Å². The third-order valence-electron chi connectivity index (χ3n) is 0.347. The van der Waals surface area contributed by atoms with Crippen LogP contribution in [0, 0.1) is 11.8 Å². The van der Waals surface area contributed by atoms with Crippen LogP contribution in [0.4, 0.5) is 0 Å². The first-order valence-corrected chi connectivity index (χ1v) is 1.58. The third kappa shape index (κ3) is 2.50. The fourth-order valence-electron chi connectivity index (χ4n) is 0.176. The third-order valence-corrected chi connectivity index (χ3v) is 0.347. The highest BCUT2D eigenvalue weighted by molar-refractivity contribution is 4.56. The quantitative estimate of drug-likeness (QED) is 0.480. The summed E-state index contributed by atoms with van der Waals surface area (Å²) >= 11 is 0. The number of nitriles is 1. The van der Waals surface area contributed by atoms with Crippen LogP contribution in [-0.4, -0.2) is 4.98 Å². The van der Waals surface area contributed by atoms with Gasteiger partial charge in [-0.3, -0.25) is 0 Å². The van der Waals surface area contributed by atoms with Crippen LogP contribution in [-0.2, 0) is 0 Å². The molecule has 0 fully saturated rings. The summed E-state index contributed by atoms with van der Waals surface area (Å²) in [5.74, 6) is 0. The van der Waals surface area contributed by atoms with Crippen molar-refractivity contribution >= 4 is 0 Å². The molecule has 0 saturated carbocycles. The van der Waals surface area contributed by atoms with Gasteiger partial charge in [-0.2, -0.15) is 0 Å². The summed E-state index contributed by atoms with van der Waals surface area (Å²) in [6.45, 7) is 3.50. The lowest BCUT2D eigenvalue weighted by Gasteiger charge is -1.47. The van der Waals surface area contributed by atoms with Crippen molar-refractivity contribution in [3.05, 3.63) is 18.9 Å². The highest BCUT2D eigenvalue weighted by Gasteiger charge is 1.59. The van der Waals surface area contributed by atoms with Crippen LogP contribution in [0.25, 0.3) is 0 Å². The molecule has 3 nitrogen and oxygen atoms in total. The Morgan fingerprint density at radius 2 is 2.29 bits per heavy atom. The Hall–Kier alpha value is -1.30. The SMILES string of the molecule is C#N.c1cocn1. The fourth-order valence-corrected chi connectivity index (χ4v) is 0.176. The summed E-state index contributed by atoms with van der Waals surface area (Å²) in [6, 6.07) is 0. The Morgan fingerprint density at radius 3 is 2.43 bits per heavy atom. The average Bonchev–Trinajstić information content (AvgIpc) is 2.23. The first-order chi connectivity index (χ1) is 3.50. The predicted octanol–water partition coefficient (Wildman–Crippen LogP) is 0.814. The molecule has 0 aliphatic rings. The van der Waals surface area contributed by atoms with Crippen LogP contribution in [0.3, 0.4) is 0 Å². The van der Waals surface area contributed by atoms with E-state index >= 15 is 0 Å². The zero-order valence-corrected chi connectivity index (χ0v) is 3.61. The van der Waals surface area contributed by atoms with E-state index in [9.17, 15) is 0 Å². The topological polar surface area (TPSA) is 49.8 Å². The van der Waals surface area contributed by atoms with Crippen molar-refractivity contribution in [2.24, 2.45) is 0 Å². The molecule has 0 aliphatic heterocycles. The maximum atomic E-state index is 6.50. The molecular formula is C4H4N2O. The van der Waals surface area contributed by atoms with Crippen molar-refractivity contribution in [1.82, 2.24) is 4.98 Å². The van der Waals surface area contributed by atoms with Crippen LogP contribution < -0.4 is 0 Å². The minimum Gasteiger partial charge on any atom is -0.452 e. The van der Waals surface area contributed by atoms with Crippen molar-refractivity contribution < 1.29 is 4.42 Å². The molecule has 0 N–H and O–H groups in total. The highest BCUT2D eigenvalue weighted by atomic mass is 16.3. The smallest absolute Gasteiger partial charge is 0.180 e. The Morgan fingerprint density at radius 1 is 1.57 bits per heavy atom. The maximum absolute atomic E-state index is 6.50. The molecule has 0 aromatic carbocycles. The number of nitrogens with zero attached hydrogens (tertiary/aromatic N) is 2. The summed E-state index contributed by atoms with van der Waals surface area (Å²) in [4.78, 5) is 3.56. The standard InChI is InChI=1S/C3H3NO.CHN/c1-2-5-3-4-1;1-2/h1-3H;1H. The Bertz CT molecular complexity index is 93.3. The summed E-state index contributed by atoms with van der Waals surface area (Å²) in [5.41, 5.74) is 0. The monoisotopic (exact) mass is 96.0 g/mol. The summed E-state index contributed by atoms with van der Waals surface area (Å²) in [7, 11) is 0. The zero-order valence-electron chi connectivity index (χ0n) is 3.61. The second-order valence-corrected chi connectivity index (χ2v) is 0.676. The maximum Gasteiger partial charge on any atom is 0.180 e. The fraction of sp³-hybridized carbons (Fsp3) is 0. The first kappa shape index (κ1) is 5.70. The van der Waals surface area contributed by atoms with Crippen LogP contribution in [0.2, 0.25) is 0 Å². The van der Waals surface area contributed by atoms with Gasteiger partial charge in [0.05, 0.1) is 6.20 Å². The molecule has 1 aromatic rings. The number of rotatable bonds is 0. The van der Waals surface area contributed by atoms with E-state index in [2.05, 4.69) is 16.0 Å². The van der Waals surface area contributed by atoms with Crippen molar-refractivity contribution in [2.45, 2.75) is 0 Å². The largest absolute Gasteiger partial charge is 0.452 e. The molecule has 1 rings (SSSR count). The van der Waals surface area contributed by atoms with E-state index in [-0.39, 0.29) is 0 Å². The van der Waals surface area contributed by atoms with E-state index < -0.39 is 0 Å². The molecule has 1 aromatic heterocycles. The van der Waals surface area contributed by atoms with Gasteiger partial charge in [0.2, 0.25) is 0 Å². The molecule has 0 aliphatic carbocycles. The molecule has 0 saturated heterocycles. The van der Waals surface area contributed by atoms with Gasteiger partial charge in [-0.1, -0.05) is 0 Å². The first-order valence-electron chi connectivity index (χ1n) is 1.58. The van der Waals surface area contributed by atoms with E-state index in [0.717, 1.165) is 0 Å². The predicted molar refractivity (Wildman–Crippen MR) is 23.2 cm³/mol. The molecule has 0 bridgehead atoms. The minimum absolute atomic E-state index is 1.38. The number of hydrogen-bond donors (Lipinski definition) is 0. The summed E-state index contributed by atoms with van der Waals surface area (Å²) < 4.78 is 4.47. The van der Waals surface area contributed by atoms with E-state index in [1.165, 1.54) is 12.7 Å². The molecular weight excluding hydrogens is 92.1 g/mol. The van der Waals surface area contributed by atoms with Crippen molar-refractivity contribution in [3.63, 3.8) is 0 Å². The normalized spacial score (nSPS) is 6.00. The van der Waals surface area contributed by atoms with Gasteiger partial charge in [-0.25, -0.2) is 10.2 Å². The lowest BCUT2D eigenvalue weighted by Crippen LogP contribution is -1.38. The van der Waals surface area contributed by atoms with Gasteiger partial charge in [0.1, 0.15) is 6.26 Å². The highest BCUT2D eigenvalue weighted by Crippen LogP contribution is 1.72. The molecule has 3 heteroatoms. The molecule has 36 valence electrons. The van der Waals surface area contributed by atoms with Gasteiger partial charge in [-0.15, -0.1) is 0 Å². The Kier molecular flexibility index (Phi) is 3.83. The zero-order chi connectivity index (χ0) is 5.54. The Balaban J connectivity index is 0.000000162. The van der Waals surface area contributed by atoms with Gasteiger partial charge in [0, 0.05) is 6.57 Å². The Labute approximate surface area is 41.2 Å². The molecule has 0 unspecified atom stereocenters. The molecule has 1 heterocycles. The van der Waals surface area contributed by atoms with Crippen LogP contribution in [0.5, 0.6) is 0 Å². The van der Waals surface area contributed by atoms with Gasteiger partial charge >= 0.3 is 0 Å². The van der Waals surface area contributed by atoms with E-state index in [0.29, 0.717) is 0 Å². The van der Waals surface area contributed by atoms with Crippen LogP contribution in [0.15, 0.2) is 23.3 Å². The molecule has 0 spiro atoms. The van der Waals surface area contributed by atoms with Gasteiger partial charge in [0.15, 0.2) is 6.39 Å². The van der Waals surface area contributed by atoms with Gasteiger partial charge in [-0.05, 0) is 0 Å². The van der Waals surface area contributed by atoms with E-state index in [4.69, 9.17) is 5.26 Å². The molecule has 7 heavy (non-hydrogen) atoms. The molecule has 0 amide bonds. The van der Waals surface area contributed by atoms with Crippen molar-refractivity contribution in [3.8, 4) is 6.57 Å². The molecule has 0 radical (unpaired) electrons. The summed E-state index contributed by atoms with van der Waals surface area (Å²) in [5, 5.41) is 6.50. The minimum atomic E-state index is 1.38. The second-order valence-electron chi connectivity index (χ2n) is 0.676. The average molecular weight is 96.1 g/mol. The number of oxazole rings is 1. The second kappa shape index (κ2) is 4.70.